The Morgan fingerprint density at radius 2 is 2.05 bits per heavy atom. The summed E-state index contributed by atoms with van der Waals surface area (Å²) in [4.78, 5) is 12.2. The smallest absolute Gasteiger partial charge is 0.242 e. The third-order valence-electron chi connectivity index (χ3n) is 3.54. The number of anilines is 1. The van der Waals surface area contributed by atoms with Crippen molar-refractivity contribution in [3.63, 3.8) is 0 Å². The second-order valence-electron chi connectivity index (χ2n) is 5.10. The second-order valence-corrected chi connectivity index (χ2v) is 7.41. The van der Waals surface area contributed by atoms with Crippen molar-refractivity contribution in [2.45, 2.75) is 37.5 Å². The van der Waals surface area contributed by atoms with Crippen LogP contribution in [0.2, 0.25) is 0 Å². The van der Waals surface area contributed by atoms with Crippen LogP contribution in [0, 0.1) is 0 Å². The average Bonchev–Trinajstić information content (AvgIpc) is 2.38. The summed E-state index contributed by atoms with van der Waals surface area (Å²) >= 11 is 0. The van der Waals surface area contributed by atoms with Crippen molar-refractivity contribution in [2.24, 2.45) is 0 Å². The minimum atomic E-state index is -3.35. The first-order valence-corrected chi connectivity index (χ1v) is 8.43. The molecule has 0 aromatic heterocycles. The summed E-state index contributed by atoms with van der Waals surface area (Å²) in [6, 6.07) is 6.86. The Bertz CT molecular complexity index is 595. The van der Waals surface area contributed by atoms with Crippen molar-refractivity contribution >= 4 is 21.4 Å². The van der Waals surface area contributed by atoms with E-state index in [0.29, 0.717) is 24.1 Å². The summed E-state index contributed by atoms with van der Waals surface area (Å²) in [5, 5.41) is 11.3. The van der Waals surface area contributed by atoms with E-state index in [1.54, 1.807) is 31.2 Å². The van der Waals surface area contributed by atoms with Crippen molar-refractivity contribution in [3.8, 4) is 0 Å². The van der Waals surface area contributed by atoms with Crippen LogP contribution in [0.3, 0.4) is 0 Å². The molecule has 6 heteroatoms. The molecular weight excluding hydrogens is 278 g/mol. The van der Waals surface area contributed by atoms with Crippen LogP contribution < -0.4 is 5.32 Å². The predicted octanol–water partition coefficient (Wildman–Crippen LogP) is 1.65. The number of benzene rings is 1. The van der Waals surface area contributed by atoms with Gasteiger partial charge in [-0.1, -0.05) is 24.6 Å². The maximum atomic E-state index is 12.2. The molecule has 2 unspecified atom stereocenters. The maximum Gasteiger partial charge on any atom is 0.242 e. The molecule has 0 saturated carbocycles. The van der Waals surface area contributed by atoms with Crippen LogP contribution in [0.25, 0.3) is 0 Å². The molecule has 1 aromatic rings. The molecule has 0 bridgehead atoms. The summed E-state index contributed by atoms with van der Waals surface area (Å²) in [7, 11) is -3.35. The zero-order valence-electron chi connectivity index (χ0n) is 11.4. The van der Waals surface area contributed by atoms with E-state index in [2.05, 4.69) is 5.32 Å². The number of sulfone groups is 1. The first-order chi connectivity index (χ1) is 9.42. The molecule has 1 fully saturated rings. The molecule has 20 heavy (non-hydrogen) atoms. The molecule has 110 valence electrons. The van der Waals surface area contributed by atoms with Gasteiger partial charge in [-0.05, 0) is 25.8 Å². The number of para-hydroxylation sites is 1. The highest BCUT2D eigenvalue weighted by Gasteiger charge is 2.35. The zero-order chi connectivity index (χ0) is 14.8. The van der Waals surface area contributed by atoms with E-state index >= 15 is 0 Å². The molecule has 0 spiro atoms. The Morgan fingerprint density at radius 1 is 1.35 bits per heavy atom. The standard InChI is InChI=1S/C14H19NO4S/c1-10(16)11-6-2-3-7-12(11)15-14(17)13-8-4-5-9-20(13,18)19/h2-3,6-7,10,13,16H,4-5,8-9H2,1H3,(H,15,17). The lowest BCUT2D eigenvalue weighted by atomic mass is 10.1. The van der Waals surface area contributed by atoms with Gasteiger partial charge < -0.3 is 10.4 Å². The van der Waals surface area contributed by atoms with E-state index in [-0.39, 0.29) is 5.75 Å². The van der Waals surface area contributed by atoms with E-state index in [1.807, 2.05) is 0 Å². The van der Waals surface area contributed by atoms with Crippen molar-refractivity contribution in [1.29, 1.82) is 0 Å². The highest BCUT2D eigenvalue weighted by molar-refractivity contribution is 7.92. The van der Waals surface area contributed by atoms with Gasteiger partial charge >= 0.3 is 0 Å². The highest BCUT2D eigenvalue weighted by atomic mass is 32.2. The lowest BCUT2D eigenvalue weighted by Crippen LogP contribution is -2.39. The van der Waals surface area contributed by atoms with Crippen LogP contribution in [0.15, 0.2) is 24.3 Å². The molecule has 0 aliphatic carbocycles. The Kier molecular flexibility index (Phi) is 4.45. The molecule has 5 nitrogen and oxygen atoms in total. The number of hydrogen-bond acceptors (Lipinski definition) is 4. The van der Waals surface area contributed by atoms with E-state index < -0.39 is 27.1 Å². The highest BCUT2D eigenvalue weighted by Crippen LogP contribution is 2.25. The SMILES string of the molecule is CC(O)c1ccccc1NC(=O)C1CCCCS1(=O)=O. The van der Waals surface area contributed by atoms with Gasteiger partial charge in [-0.25, -0.2) is 8.42 Å². The molecule has 1 amide bonds. The minimum Gasteiger partial charge on any atom is -0.389 e. The lowest BCUT2D eigenvalue weighted by Gasteiger charge is -2.22. The Balaban J connectivity index is 2.20. The number of nitrogens with one attached hydrogen (secondary N) is 1. The van der Waals surface area contributed by atoms with Crippen molar-refractivity contribution < 1.29 is 18.3 Å². The number of carbonyl (C=O) groups excluding carboxylic acids is 1. The fraction of sp³-hybridized carbons (Fsp3) is 0.500. The van der Waals surface area contributed by atoms with E-state index in [9.17, 15) is 18.3 Å². The van der Waals surface area contributed by atoms with Gasteiger partial charge in [-0.3, -0.25) is 4.79 Å². The Labute approximate surface area is 118 Å². The van der Waals surface area contributed by atoms with Crippen LogP contribution in [-0.4, -0.2) is 30.4 Å². The van der Waals surface area contributed by atoms with E-state index in [4.69, 9.17) is 0 Å². The van der Waals surface area contributed by atoms with Gasteiger partial charge in [0.05, 0.1) is 11.9 Å². The molecule has 2 rings (SSSR count). The largest absolute Gasteiger partial charge is 0.389 e. The van der Waals surface area contributed by atoms with Gasteiger partial charge in [-0.2, -0.15) is 0 Å². The molecule has 1 aliphatic rings. The van der Waals surface area contributed by atoms with Gasteiger partial charge in [0.15, 0.2) is 9.84 Å². The van der Waals surface area contributed by atoms with Crippen molar-refractivity contribution in [1.82, 2.24) is 0 Å². The van der Waals surface area contributed by atoms with Crippen LogP contribution in [0.1, 0.15) is 37.9 Å². The molecule has 1 saturated heterocycles. The van der Waals surface area contributed by atoms with Gasteiger partial charge in [0.1, 0.15) is 5.25 Å². The number of rotatable bonds is 3. The summed E-state index contributed by atoms with van der Waals surface area (Å²) in [6.07, 6.45) is 1.01. The third kappa shape index (κ3) is 3.19. The molecule has 2 atom stereocenters. The fourth-order valence-electron chi connectivity index (χ4n) is 2.44. The molecule has 0 radical (unpaired) electrons. The lowest BCUT2D eigenvalue weighted by molar-refractivity contribution is -0.116. The summed E-state index contributed by atoms with van der Waals surface area (Å²) in [5.41, 5.74) is 1.04. The number of aliphatic hydroxyl groups excluding tert-OH is 1. The van der Waals surface area contributed by atoms with E-state index in [1.165, 1.54) is 0 Å². The summed E-state index contributed by atoms with van der Waals surface area (Å²) in [5.74, 6) is -0.429. The topological polar surface area (TPSA) is 83.5 Å². The number of amides is 1. The number of hydrogen-bond donors (Lipinski definition) is 2. The normalized spacial score (nSPS) is 23.0. The zero-order valence-corrected chi connectivity index (χ0v) is 12.2. The molecule has 1 aliphatic heterocycles. The predicted molar refractivity (Wildman–Crippen MR) is 77.1 cm³/mol. The van der Waals surface area contributed by atoms with Crippen molar-refractivity contribution in [3.05, 3.63) is 29.8 Å². The monoisotopic (exact) mass is 297 g/mol. The number of carbonyl (C=O) groups is 1. The molecular formula is C14H19NO4S. The second kappa shape index (κ2) is 5.93. The summed E-state index contributed by atoms with van der Waals surface area (Å²) in [6.45, 7) is 1.60. The first-order valence-electron chi connectivity index (χ1n) is 6.71. The quantitative estimate of drug-likeness (QED) is 0.888. The Hall–Kier alpha value is -1.40. The van der Waals surface area contributed by atoms with Gasteiger partial charge in [0, 0.05) is 11.3 Å². The van der Waals surface area contributed by atoms with Gasteiger partial charge in [0.25, 0.3) is 0 Å². The van der Waals surface area contributed by atoms with Crippen LogP contribution in [0.4, 0.5) is 5.69 Å². The third-order valence-corrected chi connectivity index (χ3v) is 5.71. The van der Waals surface area contributed by atoms with E-state index in [0.717, 1.165) is 6.42 Å². The van der Waals surface area contributed by atoms with Gasteiger partial charge in [-0.15, -0.1) is 0 Å². The van der Waals surface area contributed by atoms with Crippen LogP contribution in [-0.2, 0) is 14.6 Å². The maximum absolute atomic E-state index is 12.2. The molecule has 2 N–H and O–H groups in total. The first kappa shape index (κ1) is 15.0. The van der Waals surface area contributed by atoms with Crippen LogP contribution in [0.5, 0.6) is 0 Å². The van der Waals surface area contributed by atoms with Crippen LogP contribution >= 0.6 is 0 Å². The minimum absolute atomic E-state index is 0.0726. The molecule has 1 heterocycles. The molecule has 1 aromatic carbocycles. The summed E-state index contributed by atoms with van der Waals surface area (Å²) < 4.78 is 23.8. The Morgan fingerprint density at radius 3 is 2.70 bits per heavy atom. The fourth-order valence-corrected chi connectivity index (χ4v) is 4.24. The van der Waals surface area contributed by atoms with Crippen molar-refractivity contribution in [2.75, 3.05) is 11.1 Å². The average molecular weight is 297 g/mol. The number of aliphatic hydroxyl groups is 1. The van der Waals surface area contributed by atoms with Gasteiger partial charge in [0.2, 0.25) is 5.91 Å².